The monoisotopic (exact) mass is 226 g/mol. The molecule has 0 N–H and O–H groups in total. The summed E-state index contributed by atoms with van der Waals surface area (Å²) in [6.45, 7) is 1.88. The van der Waals surface area contributed by atoms with Crippen LogP contribution in [0, 0.1) is 0 Å². The highest BCUT2D eigenvalue weighted by atomic mass is 19.3. The lowest BCUT2D eigenvalue weighted by molar-refractivity contribution is 0.0678. The second kappa shape index (κ2) is 4.55. The minimum absolute atomic E-state index is 0.0297. The van der Waals surface area contributed by atoms with Crippen LogP contribution in [0.2, 0.25) is 0 Å². The van der Waals surface area contributed by atoms with Crippen molar-refractivity contribution in [3.05, 3.63) is 23.9 Å². The third-order valence-electron chi connectivity index (χ3n) is 2.66. The number of carbonyl (C=O) groups excluding carboxylic acids is 1. The molecule has 0 radical (unpaired) electrons. The van der Waals surface area contributed by atoms with Crippen molar-refractivity contribution in [3.8, 4) is 0 Å². The van der Waals surface area contributed by atoms with Gasteiger partial charge in [-0.1, -0.05) is 0 Å². The molecule has 1 saturated heterocycles. The summed E-state index contributed by atoms with van der Waals surface area (Å²) in [6.07, 6.45) is 0.514. The molecular weight excluding hydrogens is 214 g/mol. The molecule has 0 bridgehead atoms. The van der Waals surface area contributed by atoms with E-state index in [1.807, 2.05) is 0 Å². The van der Waals surface area contributed by atoms with Crippen molar-refractivity contribution in [1.29, 1.82) is 0 Å². The summed E-state index contributed by atoms with van der Waals surface area (Å²) in [6, 6.07) is 3.04. The number of pyridine rings is 1. The molecule has 2 heterocycles. The smallest absolute Gasteiger partial charge is 0.300 e. The van der Waals surface area contributed by atoms with E-state index in [9.17, 15) is 13.6 Å². The van der Waals surface area contributed by atoms with E-state index in [1.165, 1.54) is 12.3 Å². The number of carbonyl (C=O) groups is 1. The number of alkyl halides is 2. The summed E-state index contributed by atoms with van der Waals surface area (Å²) in [4.78, 5) is 17.1. The fourth-order valence-electron chi connectivity index (χ4n) is 1.79. The van der Waals surface area contributed by atoms with Crippen LogP contribution in [0.25, 0.3) is 0 Å². The number of rotatable bonds is 3. The quantitative estimate of drug-likeness (QED) is 0.740. The van der Waals surface area contributed by atoms with Gasteiger partial charge in [-0.05, 0) is 25.0 Å². The lowest BCUT2D eigenvalue weighted by Gasteiger charge is -2.15. The minimum Gasteiger partial charge on any atom is -0.357 e. The maximum atomic E-state index is 12.1. The van der Waals surface area contributed by atoms with Gasteiger partial charge in [0.25, 0.3) is 0 Å². The summed E-state index contributed by atoms with van der Waals surface area (Å²) in [5.41, 5.74) is -0.0297. The Balaban J connectivity index is 2.12. The van der Waals surface area contributed by atoms with Crippen molar-refractivity contribution >= 4 is 11.6 Å². The molecule has 0 aromatic carbocycles. The zero-order chi connectivity index (χ0) is 11.5. The first-order valence-electron chi connectivity index (χ1n) is 5.22. The first-order valence-corrected chi connectivity index (χ1v) is 5.22. The van der Waals surface area contributed by atoms with Gasteiger partial charge >= 0.3 is 6.43 Å². The number of nitrogens with zero attached hydrogens (tertiary/aromatic N) is 2. The second-order valence-electron chi connectivity index (χ2n) is 3.76. The first-order chi connectivity index (χ1) is 7.68. The van der Waals surface area contributed by atoms with Crippen molar-refractivity contribution in [3.63, 3.8) is 0 Å². The molecule has 5 heteroatoms. The van der Waals surface area contributed by atoms with Crippen LogP contribution < -0.4 is 4.90 Å². The molecule has 0 atom stereocenters. The lowest BCUT2D eigenvalue weighted by atomic mass is 10.2. The number of hydrogen-bond donors (Lipinski definition) is 0. The van der Waals surface area contributed by atoms with Gasteiger partial charge in [-0.25, -0.2) is 13.8 Å². The molecule has 0 spiro atoms. The highest BCUT2D eigenvalue weighted by Gasteiger charge is 2.19. The van der Waals surface area contributed by atoms with E-state index in [-0.39, 0.29) is 5.56 Å². The molecule has 1 fully saturated rings. The Labute approximate surface area is 92.1 Å². The number of Topliss-reactive ketones (excluding diaryl/α,β-unsaturated/α-hetero) is 1. The predicted octanol–water partition coefficient (Wildman–Crippen LogP) is 2.13. The van der Waals surface area contributed by atoms with Crippen LogP contribution in [0.1, 0.15) is 23.2 Å². The number of hydrogen-bond acceptors (Lipinski definition) is 3. The average Bonchev–Trinajstić information content (AvgIpc) is 2.81. The van der Waals surface area contributed by atoms with Crippen molar-refractivity contribution in [1.82, 2.24) is 4.98 Å². The number of ketones is 1. The maximum Gasteiger partial charge on any atom is 0.300 e. The Kier molecular flexibility index (Phi) is 3.12. The first kappa shape index (κ1) is 11.0. The molecule has 2 rings (SSSR count). The van der Waals surface area contributed by atoms with Crippen LogP contribution in [0.4, 0.5) is 14.6 Å². The fourth-order valence-corrected chi connectivity index (χ4v) is 1.79. The van der Waals surface area contributed by atoms with Crippen molar-refractivity contribution in [2.24, 2.45) is 0 Å². The molecule has 0 unspecified atom stereocenters. The van der Waals surface area contributed by atoms with Gasteiger partial charge in [0.05, 0.1) is 0 Å². The molecule has 0 saturated carbocycles. The molecule has 1 aliphatic rings. The van der Waals surface area contributed by atoms with E-state index < -0.39 is 12.2 Å². The molecule has 1 aromatic rings. The summed E-state index contributed by atoms with van der Waals surface area (Å²) in [5, 5.41) is 0. The standard InChI is InChI=1S/C11H12F2N2O/c12-11(13)10(16)8-3-4-9(14-7-8)15-5-1-2-6-15/h3-4,7,11H,1-2,5-6H2. The van der Waals surface area contributed by atoms with Crippen LogP contribution in [0.15, 0.2) is 18.3 Å². The lowest BCUT2D eigenvalue weighted by Crippen LogP contribution is -2.19. The Bertz CT molecular complexity index is 372. The molecule has 1 aliphatic heterocycles. The summed E-state index contributed by atoms with van der Waals surface area (Å²) >= 11 is 0. The van der Waals surface area contributed by atoms with Crippen molar-refractivity contribution < 1.29 is 13.6 Å². The van der Waals surface area contributed by atoms with Crippen molar-refractivity contribution in [2.75, 3.05) is 18.0 Å². The van der Waals surface area contributed by atoms with E-state index in [4.69, 9.17) is 0 Å². The Morgan fingerprint density at radius 1 is 1.31 bits per heavy atom. The molecule has 86 valence electrons. The Hall–Kier alpha value is -1.52. The highest BCUT2D eigenvalue weighted by Crippen LogP contribution is 2.18. The van der Waals surface area contributed by atoms with Gasteiger partial charge in [0.1, 0.15) is 5.82 Å². The van der Waals surface area contributed by atoms with E-state index in [1.54, 1.807) is 6.07 Å². The van der Waals surface area contributed by atoms with Gasteiger partial charge in [0.2, 0.25) is 5.78 Å². The SMILES string of the molecule is O=C(c1ccc(N2CCCC2)nc1)C(F)F. The highest BCUT2D eigenvalue weighted by molar-refractivity contribution is 5.98. The number of aromatic nitrogens is 1. The van der Waals surface area contributed by atoms with E-state index >= 15 is 0 Å². The van der Waals surface area contributed by atoms with Gasteiger partial charge in [0.15, 0.2) is 0 Å². The Morgan fingerprint density at radius 2 is 2.00 bits per heavy atom. The van der Waals surface area contributed by atoms with Gasteiger partial charge in [-0.2, -0.15) is 0 Å². The van der Waals surface area contributed by atoms with E-state index in [2.05, 4.69) is 9.88 Å². The molecular formula is C11H12F2N2O. The van der Waals surface area contributed by atoms with Gasteiger partial charge in [-0.15, -0.1) is 0 Å². The summed E-state index contributed by atoms with van der Waals surface area (Å²) in [5.74, 6) is -0.413. The number of halogens is 2. The minimum atomic E-state index is -2.96. The average molecular weight is 226 g/mol. The van der Waals surface area contributed by atoms with Crippen molar-refractivity contribution in [2.45, 2.75) is 19.3 Å². The Morgan fingerprint density at radius 3 is 2.50 bits per heavy atom. The van der Waals surface area contributed by atoms with E-state index in [0.717, 1.165) is 31.7 Å². The third kappa shape index (κ3) is 2.18. The normalized spacial score (nSPS) is 15.8. The van der Waals surface area contributed by atoms with Gasteiger partial charge in [0, 0.05) is 24.8 Å². The number of anilines is 1. The van der Waals surface area contributed by atoms with Gasteiger partial charge in [-0.3, -0.25) is 4.79 Å². The van der Waals surface area contributed by atoms with E-state index in [0.29, 0.717) is 0 Å². The molecule has 16 heavy (non-hydrogen) atoms. The maximum absolute atomic E-state index is 12.1. The van der Waals surface area contributed by atoms with Gasteiger partial charge < -0.3 is 4.90 Å². The zero-order valence-corrected chi connectivity index (χ0v) is 8.70. The van der Waals surface area contributed by atoms with Crippen LogP contribution in [-0.4, -0.2) is 30.3 Å². The zero-order valence-electron chi connectivity index (χ0n) is 8.70. The molecule has 1 aromatic heterocycles. The molecule has 0 amide bonds. The van der Waals surface area contributed by atoms with Crippen LogP contribution in [0.3, 0.4) is 0 Å². The fraction of sp³-hybridized carbons (Fsp3) is 0.455. The third-order valence-corrected chi connectivity index (χ3v) is 2.66. The van der Waals surface area contributed by atoms with Crippen LogP contribution in [0.5, 0.6) is 0 Å². The second-order valence-corrected chi connectivity index (χ2v) is 3.76. The molecule has 0 aliphatic carbocycles. The topological polar surface area (TPSA) is 33.2 Å². The largest absolute Gasteiger partial charge is 0.357 e. The summed E-state index contributed by atoms with van der Waals surface area (Å²) < 4.78 is 24.3. The van der Waals surface area contributed by atoms with Crippen LogP contribution >= 0.6 is 0 Å². The summed E-state index contributed by atoms with van der Waals surface area (Å²) in [7, 11) is 0. The molecule has 3 nitrogen and oxygen atoms in total. The predicted molar refractivity (Wildman–Crippen MR) is 56.0 cm³/mol. The van der Waals surface area contributed by atoms with Crippen LogP contribution in [-0.2, 0) is 0 Å².